The zero-order chi connectivity index (χ0) is 18.9. The summed E-state index contributed by atoms with van der Waals surface area (Å²) in [6.45, 7) is 3.40. The molecular formula is C20H23NO5. The smallest absolute Gasteiger partial charge is 0.302 e. The van der Waals surface area contributed by atoms with E-state index in [-0.39, 0.29) is 29.2 Å². The highest BCUT2D eigenvalue weighted by Gasteiger charge is 2.49. The minimum absolute atomic E-state index is 0.0104. The number of hydrogen-bond acceptors (Lipinski definition) is 5. The van der Waals surface area contributed by atoms with Crippen molar-refractivity contribution in [1.29, 1.82) is 0 Å². The summed E-state index contributed by atoms with van der Waals surface area (Å²) in [7, 11) is 0. The molecule has 138 valence electrons. The van der Waals surface area contributed by atoms with E-state index in [1.165, 1.54) is 6.92 Å². The Bertz CT molecular complexity index is 770. The largest absolute Gasteiger partial charge is 0.462 e. The van der Waals surface area contributed by atoms with Gasteiger partial charge in [0.05, 0.1) is 0 Å². The van der Waals surface area contributed by atoms with Gasteiger partial charge in [-0.2, -0.15) is 0 Å². The fourth-order valence-corrected chi connectivity index (χ4v) is 4.38. The van der Waals surface area contributed by atoms with E-state index < -0.39 is 11.5 Å². The van der Waals surface area contributed by atoms with Crippen LogP contribution in [-0.4, -0.2) is 22.8 Å². The fourth-order valence-electron chi connectivity index (χ4n) is 4.38. The number of hydrogen-bond donors (Lipinski definition) is 0. The van der Waals surface area contributed by atoms with E-state index in [0.29, 0.717) is 36.8 Å². The van der Waals surface area contributed by atoms with E-state index in [0.717, 1.165) is 5.57 Å². The number of ether oxygens (including phenoxy) is 1. The summed E-state index contributed by atoms with van der Waals surface area (Å²) < 4.78 is 5.49. The zero-order valence-electron chi connectivity index (χ0n) is 15.1. The number of ketones is 1. The first-order valence-corrected chi connectivity index (χ1v) is 8.94. The lowest BCUT2D eigenvalue weighted by Gasteiger charge is -2.36. The van der Waals surface area contributed by atoms with Gasteiger partial charge in [0.15, 0.2) is 5.78 Å². The van der Waals surface area contributed by atoms with Crippen LogP contribution in [-0.2, 0) is 14.3 Å². The number of carbonyl (C=O) groups is 2. The van der Waals surface area contributed by atoms with Gasteiger partial charge in [0.2, 0.25) is 6.04 Å². The van der Waals surface area contributed by atoms with E-state index in [1.807, 2.05) is 13.0 Å². The van der Waals surface area contributed by atoms with Crippen molar-refractivity contribution in [2.75, 3.05) is 0 Å². The molecule has 26 heavy (non-hydrogen) atoms. The van der Waals surface area contributed by atoms with E-state index in [9.17, 15) is 19.7 Å². The zero-order valence-corrected chi connectivity index (χ0v) is 15.1. The van der Waals surface area contributed by atoms with Crippen LogP contribution < -0.4 is 0 Å². The Kier molecular flexibility index (Phi) is 4.94. The van der Waals surface area contributed by atoms with Crippen molar-refractivity contribution in [3.63, 3.8) is 0 Å². The van der Waals surface area contributed by atoms with E-state index in [4.69, 9.17) is 4.74 Å². The molecule has 0 saturated heterocycles. The van der Waals surface area contributed by atoms with Crippen molar-refractivity contribution in [2.45, 2.75) is 58.1 Å². The lowest BCUT2D eigenvalue weighted by molar-refractivity contribution is -0.528. The van der Waals surface area contributed by atoms with Crippen molar-refractivity contribution in [3.8, 4) is 0 Å². The van der Waals surface area contributed by atoms with Crippen LogP contribution in [0.1, 0.15) is 57.6 Å². The Morgan fingerprint density at radius 1 is 1.35 bits per heavy atom. The van der Waals surface area contributed by atoms with Gasteiger partial charge in [0, 0.05) is 41.2 Å². The number of Topliss-reactive ketones (excluding diaryl/α,β-unsaturated/α-hetero) is 1. The van der Waals surface area contributed by atoms with Gasteiger partial charge in [0.25, 0.3) is 0 Å². The molecule has 2 aliphatic carbocycles. The second-order valence-electron chi connectivity index (χ2n) is 7.35. The highest BCUT2D eigenvalue weighted by Crippen LogP contribution is 2.53. The Morgan fingerprint density at radius 3 is 2.65 bits per heavy atom. The van der Waals surface area contributed by atoms with Crippen LogP contribution in [0, 0.1) is 15.5 Å². The van der Waals surface area contributed by atoms with E-state index in [2.05, 4.69) is 0 Å². The third-order valence-corrected chi connectivity index (χ3v) is 5.77. The summed E-state index contributed by atoms with van der Waals surface area (Å²) >= 11 is 0. The average Bonchev–Trinajstić information content (AvgIpc) is 2.91. The number of carbonyl (C=O) groups excluding carboxylic acids is 2. The highest BCUT2D eigenvalue weighted by atomic mass is 16.6. The number of rotatable bonds is 5. The summed E-state index contributed by atoms with van der Waals surface area (Å²) in [6, 6.07) is 7.85. The second-order valence-corrected chi connectivity index (χ2v) is 7.35. The second kappa shape index (κ2) is 7.02. The maximum atomic E-state index is 12.6. The summed E-state index contributed by atoms with van der Waals surface area (Å²) in [5.41, 5.74) is 1.72. The minimum Gasteiger partial charge on any atom is -0.462 e. The predicted octanol–water partition coefficient (Wildman–Crippen LogP) is 3.79. The van der Waals surface area contributed by atoms with E-state index >= 15 is 0 Å². The molecule has 0 N–H and O–H groups in total. The van der Waals surface area contributed by atoms with Gasteiger partial charge < -0.3 is 4.74 Å². The molecule has 0 amide bonds. The van der Waals surface area contributed by atoms with Crippen LogP contribution in [0.3, 0.4) is 0 Å². The topological polar surface area (TPSA) is 86.5 Å². The molecule has 1 unspecified atom stereocenters. The van der Waals surface area contributed by atoms with Crippen LogP contribution in [0.5, 0.6) is 0 Å². The van der Waals surface area contributed by atoms with E-state index in [1.54, 1.807) is 24.3 Å². The third kappa shape index (κ3) is 3.28. The molecule has 3 rings (SSSR count). The number of esters is 1. The lowest BCUT2D eigenvalue weighted by atomic mass is 9.70. The summed E-state index contributed by atoms with van der Waals surface area (Å²) in [6.07, 6.45) is 2.10. The molecule has 0 radical (unpaired) electrons. The van der Waals surface area contributed by atoms with Crippen LogP contribution >= 0.6 is 0 Å². The number of nitrogens with zero attached hydrogens (tertiary/aromatic N) is 1. The van der Waals surface area contributed by atoms with Crippen LogP contribution in [0.25, 0.3) is 0 Å². The molecule has 6 heteroatoms. The van der Waals surface area contributed by atoms with Gasteiger partial charge in [-0.1, -0.05) is 42.8 Å². The molecule has 0 spiro atoms. The first-order chi connectivity index (χ1) is 12.3. The van der Waals surface area contributed by atoms with Gasteiger partial charge in [-0.25, -0.2) is 0 Å². The molecule has 1 saturated carbocycles. The lowest BCUT2D eigenvalue weighted by Crippen LogP contribution is -2.36. The SMILES string of the molecule is CC(=O)O[C@H]1CCC2=C(CC(c3ccccc3)[N+](=O)[O-])C(=O)CC[C@@]21C. The van der Waals surface area contributed by atoms with Gasteiger partial charge in [-0.3, -0.25) is 19.7 Å². The Labute approximate surface area is 152 Å². The van der Waals surface area contributed by atoms with Crippen LogP contribution in [0.15, 0.2) is 41.5 Å². The van der Waals surface area contributed by atoms with Gasteiger partial charge in [0.1, 0.15) is 6.10 Å². The Balaban J connectivity index is 1.96. The first-order valence-electron chi connectivity index (χ1n) is 8.94. The summed E-state index contributed by atoms with van der Waals surface area (Å²) in [5, 5.41) is 11.7. The molecule has 0 aliphatic heterocycles. The molecule has 1 fully saturated rings. The number of fused-ring (bicyclic) bond motifs is 1. The fraction of sp³-hybridized carbons (Fsp3) is 0.500. The highest BCUT2D eigenvalue weighted by molar-refractivity contribution is 5.97. The molecule has 1 aromatic carbocycles. The maximum absolute atomic E-state index is 12.6. The standard InChI is InChI=1S/C20H23NO5/c1-13(22)26-19-9-8-16-15(18(23)10-11-20(16,19)2)12-17(21(24)25)14-6-4-3-5-7-14/h3-7,17,19H,8-12H2,1-2H3/t17?,19-,20-/m0/s1. The van der Waals surface area contributed by atoms with Crippen LogP contribution in [0.4, 0.5) is 0 Å². The summed E-state index contributed by atoms with van der Waals surface area (Å²) in [4.78, 5) is 35.4. The van der Waals surface area contributed by atoms with Crippen LogP contribution in [0.2, 0.25) is 0 Å². The number of benzene rings is 1. The van der Waals surface area contributed by atoms with Gasteiger partial charge in [-0.05, 0) is 19.3 Å². The molecule has 2 aliphatic rings. The predicted molar refractivity (Wildman–Crippen MR) is 95.0 cm³/mol. The molecule has 1 aromatic rings. The quantitative estimate of drug-likeness (QED) is 0.455. The Hall–Kier alpha value is -2.50. The normalized spacial score (nSPS) is 26.4. The monoisotopic (exact) mass is 357 g/mol. The summed E-state index contributed by atoms with van der Waals surface area (Å²) in [5.74, 6) is -0.341. The number of nitro groups is 1. The molecule has 0 bridgehead atoms. The van der Waals surface area contributed by atoms with Crippen molar-refractivity contribution in [3.05, 3.63) is 57.2 Å². The average molecular weight is 357 g/mol. The first kappa shape index (κ1) is 18.3. The Morgan fingerprint density at radius 2 is 2.04 bits per heavy atom. The van der Waals surface area contributed by atoms with Gasteiger partial charge in [-0.15, -0.1) is 0 Å². The van der Waals surface area contributed by atoms with Crippen molar-refractivity contribution >= 4 is 11.8 Å². The molecular weight excluding hydrogens is 334 g/mol. The van der Waals surface area contributed by atoms with Crippen molar-refractivity contribution in [1.82, 2.24) is 0 Å². The minimum atomic E-state index is -0.947. The van der Waals surface area contributed by atoms with Crippen molar-refractivity contribution in [2.24, 2.45) is 5.41 Å². The van der Waals surface area contributed by atoms with Gasteiger partial charge >= 0.3 is 5.97 Å². The maximum Gasteiger partial charge on any atom is 0.302 e. The third-order valence-electron chi connectivity index (χ3n) is 5.77. The van der Waals surface area contributed by atoms with Crippen molar-refractivity contribution < 1.29 is 19.2 Å². The molecule has 0 aromatic heterocycles. The molecule has 0 heterocycles. The molecule has 3 atom stereocenters. The molecule has 6 nitrogen and oxygen atoms in total.